The van der Waals surface area contributed by atoms with Crippen LogP contribution in [0.4, 0.5) is 8.78 Å². The van der Waals surface area contributed by atoms with Crippen molar-refractivity contribution in [2.24, 2.45) is 5.41 Å². The summed E-state index contributed by atoms with van der Waals surface area (Å²) in [6.07, 6.45) is 0. The second-order valence-corrected chi connectivity index (χ2v) is 5.12. The van der Waals surface area contributed by atoms with E-state index in [1.165, 1.54) is 0 Å². The highest BCUT2D eigenvalue weighted by Crippen LogP contribution is 2.17. The number of benzene rings is 1. The zero-order valence-electron chi connectivity index (χ0n) is 11.0. The Kier molecular flexibility index (Phi) is 4.78. The van der Waals surface area contributed by atoms with Gasteiger partial charge in [-0.05, 0) is 12.1 Å². The molecular weight excluding hydrogens is 272 g/mol. The fourth-order valence-corrected chi connectivity index (χ4v) is 1.38. The molecule has 7 heteroatoms. The molecule has 0 fully saturated rings. The second-order valence-electron chi connectivity index (χ2n) is 5.12. The first-order valence-corrected chi connectivity index (χ1v) is 5.79. The van der Waals surface area contributed by atoms with Crippen molar-refractivity contribution in [2.75, 3.05) is 13.2 Å². The molecule has 110 valence electrons. The van der Waals surface area contributed by atoms with Crippen molar-refractivity contribution in [3.05, 3.63) is 34.9 Å². The maximum absolute atomic E-state index is 13.1. The van der Waals surface area contributed by atoms with Crippen LogP contribution in [-0.4, -0.2) is 35.2 Å². The van der Waals surface area contributed by atoms with E-state index >= 15 is 0 Å². The predicted molar refractivity (Wildman–Crippen MR) is 66.5 cm³/mol. The smallest absolute Gasteiger partial charge is 0.336 e. The van der Waals surface area contributed by atoms with Crippen LogP contribution in [0, 0.1) is 17.0 Å². The average Bonchev–Trinajstić information content (AvgIpc) is 2.38. The van der Waals surface area contributed by atoms with E-state index in [4.69, 9.17) is 10.2 Å². The molecule has 0 aliphatic carbocycles. The number of amides is 1. The number of hydrogen-bond acceptors (Lipinski definition) is 3. The maximum atomic E-state index is 13.1. The third-order valence-corrected chi connectivity index (χ3v) is 2.69. The molecule has 0 aliphatic heterocycles. The Bertz CT molecular complexity index is 543. The van der Waals surface area contributed by atoms with E-state index in [1.54, 1.807) is 13.8 Å². The molecule has 5 nitrogen and oxygen atoms in total. The molecule has 0 saturated carbocycles. The second kappa shape index (κ2) is 5.96. The quantitative estimate of drug-likeness (QED) is 0.764. The van der Waals surface area contributed by atoms with Crippen molar-refractivity contribution in [3.63, 3.8) is 0 Å². The SMILES string of the molecule is CC(C)(CO)CNC(=O)c1cc(F)c(F)cc1C(=O)O. The van der Waals surface area contributed by atoms with E-state index in [-0.39, 0.29) is 13.2 Å². The molecule has 0 bridgehead atoms. The lowest BCUT2D eigenvalue weighted by molar-refractivity contribution is 0.0689. The number of aliphatic hydroxyl groups is 1. The summed E-state index contributed by atoms with van der Waals surface area (Å²) >= 11 is 0. The van der Waals surface area contributed by atoms with E-state index in [1.807, 2.05) is 0 Å². The molecular formula is C13H15F2NO4. The average molecular weight is 287 g/mol. The molecule has 0 atom stereocenters. The first kappa shape index (κ1) is 16.0. The van der Waals surface area contributed by atoms with E-state index in [2.05, 4.69) is 5.32 Å². The summed E-state index contributed by atoms with van der Waals surface area (Å²) in [6, 6.07) is 1.00. The monoisotopic (exact) mass is 287 g/mol. The number of nitrogens with one attached hydrogen (secondary N) is 1. The van der Waals surface area contributed by atoms with Gasteiger partial charge in [0.05, 0.1) is 11.1 Å². The van der Waals surface area contributed by atoms with Gasteiger partial charge in [-0.25, -0.2) is 13.6 Å². The lowest BCUT2D eigenvalue weighted by Gasteiger charge is -2.22. The topological polar surface area (TPSA) is 86.6 Å². The lowest BCUT2D eigenvalue weighted by Crippen LogP contribution is -2.36. The standard InChI is InChI=1S/C13H15F2NO4/c1-13(2,6-17)5-16-11(18)7-3-9(14)10(15)4-8(7)12(19)20/h3-4,17H,5-6H2,1-2H3,(H,16,18)(H,19,20). The largest absolute Gasteiger partial charge is 0.478 e. The number of carbonyl (C=O) groups excluding carboxylic acids is 1. The number of carboxylic acids is 1. The van der Waals surface area contributed by atoms with Crippen LogP contribution < -0.4 is 5.32 Å². The summed E-state index contributed by atoms with van der Waals surface area (Å²) in [6.45, 7) is 3.21. The minimum Gasteiger partial charge on any atom is -0.478 e. The van der Waals surface area contributed by atoms with Crippen LogP contribution in [0.3, 0.4) is 0 Å². The number of carboxylic acid groups (broad SMARTS) is 1. The minimum atomic E-state index is -1.53. The fourth-order valence-electron chi connectivity index (χ4n) is 1.38. The summed E-state index contributed by atoms with van der Waals surface area (Å²) in [7, 11) is 0. The van der Waals surface area contributed by atoms with Gasteiger partial charge in [-0.3, -0.25) is 4.79 Å². The molecule has 0 spiro atoms. The molecule has 0 unspecified atom stereocenters. The van der Waals surface area contributed by atoms with Crippen molar-refractivity contribution in [1.29, 1.82) is 0 Å². The molecule has 1 amide bonds. The van der Waals surface area contributed by atoms with E-state index < -0.39 is 40.1 Å². The summed E-state index contributed by atoms with van der Waals surface area (Å²) in [5, 5.41) is 20.3. The zero-order chi connectivity index (χ0) is 15.5. The molecule has 20 heavy (non-hydrogen) atoms. The number of aromatic carboxylic acids is 1. The zero-order valence-corrected chi connectivity index (χ0v) is 11.0. The number of rotatable bonds is 5. The van der Waals surface area contributed by atoms with Gasteiger partial charge in [-0.1, -0.05) is 13.8 Å². The highest BCUT2D eigenvalue weighted by Gasteiger charge is 2.23. The molecule has 0 aromatic heterocycles. The van der Waals surface area contributed by atoms with Gasteiger partial charge < -0.3 is 15.5 Å². The van der Waals surface area contributed by atoms with Crippen LogP contribution in [-0.2, 0) is 0 Å². The third kappa shape index (κ3) is 3.74. The Morgan fingerprint density at radius 1 is 1.20 bits per heavy atom. The van der Waals surface area contributed by atoms with Gasteiger partial charge in [0.2, 0.25) is 0 Å². The summed E-state index contributed by atoms with van der Waals surface area (Å²) in [4.78, 5) is 22.8. The van der Waals surface area contributed by atoms with Crippen LogP contribution in [0.15, 0.2) is 12.1 Å². The van der Waals surface area contributed by atoms with Crippen LogP contribution in [0.2, 0.25) is 0 Å². The normalized spacial score (nSPS) is 11.2. The molecule has 0 heterocycles. The predicted octanol–water partition coefficient (Wildman–Crippen LogP) is 1.41. The Hall–Kier alpha value is -2.02. The fraction of sp³-hybridized carbons (Fsp3) is 0.385. The van der Waals surface area contributed by atoms with E-state index in [9.17, 15) is 18.4 Å². The van der Waals surface area contributed by atoms with Crippen molar-refractivity contribution in [2.45, 2.75) is 13.8 Å². The molecule has 1 rings (SSSR count). The Balaban J connectivity index is 3.04. The molecule has 3 N–H and O–H groups in total. The number of aliphatic hydroxyl groups excluding tert-OH is 1. The maximum Gasteiger partial charge on any atom is 0.336 e. The van der Waals surface area contributed by atoms with E-state index in [0.29, 0.717) is 12.1 Å². The van der Waals surface area contributed by atoms with Crippen LogP contribution >= 0.6 is 0 Å². The molecule has 0 aliphatic rings. The first-order valence-electron chi connectivity index (χ1n) is 5.79. The Labute approximate surface area is 114 Å². The van der Waals surface area contributed by atoms with Crippen LogP contribution in [0.25, 0.3) is 0 Å². The molecule has 1 aromatic rings. The third-order valence-electron chi connectivity index (χ3n) is 2.69. The van der Waals surface area contributed by atoms with Gasteiger partial charge >= 0.3 is 5.97 Å². The van der Waals surface area contributed by atoms with Gasteiger partial charge in [0, 0.05) is 18.6 Å². The highest BCUT2D eigenvalue weighted by atomic mass is 19.2. The first-order chi connectivity index (χ1) is 9.18. The van der Waals surface area contributed by atoms with Crippen LogP contribution in [0.5, 0.6) is 0 Å². The number of halogens is 2. The van der Waals surface area contributed by atoms with Gasteiger partial charge in [-0.15, -0.1) is 0 Å². The van der Waals surface area contributed by atoms with Gasteiger partial charge in [0.1, 0.15) is 0 Å². The molecule has 0 radical (unpaired) electrons. The summed E-state index contributed by atoms with van der Waals surface area (Å²) in [5.41, 5.74) is -1.70. The summed E-state index contributed by atoms with van der Waals surface area (Å²) < 4.78 is 26.1. The summed E-state index contributed by atoms with van der Waals surface area (Å²) in [5.74, 6) is -5.02. The van der Waals surface area contributed by atoms with Gasteiger partial charge in [0.25, 0.3) is 5.91 Å². The minimum absolute atomic E-state index is 0.0559. The van der Waals surface area contributed by atoms with Crippen molar-refractivity contribution < 1.29 is 28.6 Å². The van der Waals surface area contributed by atoms with Gasteiger partial charge in [-0.2, -0.15) is 0 Å². The number of hydrogen-bond donors (Lipinski definition) is 3. The highest BCUT2D eigenvalue weighted by molar-refractivity contribution is 6.04. The molecule has 0 saturated heterocycles. The Morgan fingerprint density at radius 3 is 2.15 bits per heavy atom. The van der Waals surface area contributed by atoms with Gasteiger partial charge in [0.15, 0.2) is 11.6 Å². The van der Waals surface area contributed by atoms with Crippen molar-refractivity contribution in [3.8, 4) is 0 Å². The van der Waals surface area contributed by atoms with Crippen LogP contribution in [0.1, 0.15) is 34.6 Å². The van der Waals surface area contributed by atoms with Crippen molar-refractivity contribution >= 4 is 11.9 Å². The lowest BCUT2D eigenvalue weighted by atomic mass is 9.94. The molecule has 1 aromatic carbocycles. The Morgan fingerprint density at radius 2 is 1.70 bits per heavy atom. The van der Waals surface area contributed by atoms with Crippen molar-refractivity contribution in [1.82, 2.24) is 5.32 Å². The number of carbonyl (C=O) groups is 2. The van der Waals surface area contributed by atoms with E-state index in [0.717, 1.165) is 0 Å².